The van der Waals surface area contributed by atoms with E-state index in [-0.39, 0.29) is 18.6 Å². The summed E-state index contributed by atoms with van der Waals surface area (Å²) in [4.78, 5) is 15.5. The van der Waals surface area contributed by atoms with Gasteiger partial charge in [-0.25, -0.2) is 0 Å². The van der Waals surface area contributed by atoms with E-state index in [0.29, 0.717) is 18.3 Å². The Morgan fingerprint density at radius 2 is 2.26 bits per heavy atom. The van der Waals surface area contributed by atoms with Crippen LogP contribution in [0.25, 0.3) is 0 Å². The average molecular weight is 312 g/mol. The molecule has 3 saturated heterocycles. The Morgan fingerprint density at radius 1 is 1.43 bits per heavy atom. The van der Waals surface area contributed by atoms with Gasteiger partial charge in [0.25, 0.3) is 0 Å². The molecule has 1 aromatic carbocycles. The van der Waals surface area contributed by atoms with Crippen molar-refractivity contribution < 1.29 is 9.90 Å². The highest BCUT2D eigenvalue weighted by Gasteiger charge is 2.56. The zero-order valence-electron chi connectivity index (χ0n) is 13.4. The van der Waals surface area contributed by atoms with Crippen molar-refractivity contribution in [2.24, 2.45) is 11.8 Å². The molecule has 3 fully saturated rings. The predicted octanol–water partition coefficient (Wildman–Crippen LogP) is 2.16. The fraction of sp³-hybridized carbons (Fsp3) is 0.526. The minimum atomic E-state index is -0.615. The minimum Gasteiger partial charge on any atom is -0.396 e. The van der Waals surface area contributed by atoms with Gasteiger partial charge in [-0.1, -0.05) is 24.3 Å². The number of carbonyl (C=O) groups is 1. The number of benzene rings is 1. The van der Waals surface area contributed by atoms with Gasteiger partial charge in [0.1, 0.15) is 0 Å². The molecule has 0 saturated carbocycles. The fourth-order valence-electron chi connectivity index (χ4n) is 5.11. The van der Waals surface area contributed by atoms with Crippen molar-refractivity contribution in [1.29, 1.82) is 0 Å². The first-order chi connectivity index (χ1) is 11.2. The first-order valence-corrected chi connectivity index (χ1v) is 8.59. The third-order valence-electron chi connectivity index (χ3n) is 6.24. The van der Waals surface area contributed by atoms with Crippen LogP contribution in [0.2, 0.25) is 0 Å². The molecule has 0 spiro atoms. The van der Waals surface area contributed by atoms with Crippen molar-refractivity contribution in [2.45, 2.75) is 30.7 Å². The van der Waals surface area contributed by atoms with Crippen LogP contribution >= 0.6 is 0 Å². The normalized spacial score (nSPS) is 38.2. The summed E-state index contributed by atoms with van der Waals surface area (Å²) in [5.74, 6) is 1.20. The van der Waals surface area contributed by atoms with Crippen LogP contribution in [0.1, 0.15) is 24.8 Å². The Hall–Kier alpha value is -1.65. The number of amides is 1. The monoisotopic (exact) mass is 312 g/mol. The van der Waals surface area contributed by atoms with E-state index in [1.807, 2.05) is 18.2 Å². The van der Waals surface area contributed by atoms with Gasteiger partial charge < -0.3 is 10.4 Å². The van der Waals surface area contributed by atoms with Crippen molar-refractivity contribution in [3.05, 3.63) is 42.5 Å². The summed E-state index contributed by atoms with van der Waals surface area (Å²) in [6, 6.07) is 8.14. The lowest BCUT2D eigenvalue weighted by Crippen LogP contribution is -2.62. The highest BCUT2D eigenvalue weighted by atomic mass is 16.3. The lowest BCUT2D eigenvalue weighted by atomic mass is 9.63. The third-order valence-corrected chi connectivity index (χ3v) is 6.24. The van der Waals surface area contributed by atoms with Gasteiger partial charge in [-0.05, 0) is 49.3 Å². The minimum absolute atomic E-state index is 0.0294. The summed E-state index contributed by atoms with van der Waals surface area (Å²) in [6.45, 7) is 6.05. The zero-order valence-corrected chi connectivity index (χ0v) is 13.4. The fourth-order valence-corrected chi connectivity index (χ4v) is 5.11. The summed E-state index contributed by atoms with van der Waals surface area (Å²) < 4.78 is 0. The topological polar surface area (TPSA) is 52.6 Å². The van der Waals surface area contributed by atoms with Crippen LogP contribution in [0.3, 0.4) is 0 Å². The predicted molar refractivity (Wildman–Crippen MR) is 90.2 cm³/mol. The van der Waals surface area contributed by atoms with Gasteiger partial charge in [-0.3, -0.25) is 9.69 Å². The molecule has 5 atom stereocenters. The highest BCUT2D eigenvalue weighted by Crippen LogP contribution is 2.50. The van der Waals surface area contributed by atoms with Crippen LogP contribution in [0.15, 0.2) is 36.9 Å². The second-order valence-corrected chi connectivity index (χ2v) is 7.14. The zero-order chi connectivity index (χ0) is 16.0. The number of nitrogens with one attached hydrogen (secondary N) is 1. The molecule has 1 unspecified atom stereocenters. The van der Waals surface area contributed by atoms with Gasteiger partial charge in [0.2, 0.25) is 5.91 Å². The maximum atomic E-state index is 13.0. The van der Waals surface area contributed by atoms with Gasteiger partial charge in [0.15, 0.2) is 0 Å². The van der Waals surface area contributed by atoms with Crippen LogP contribution < -0.4 is 5.32 Å². The Kier molecular flexibility index (Phi) is 3.54. The number of rotatable bonds is 4. The van der Waals surface area contributed by atoms with E-state index in [9.17, 15) is 9.90 Å². The first-order valence-electron chi connectivity index (χ1n) is 8.59. The Morgan fingerprint density at radius 3 is 2.96 bits per heavy atom. The van der Waals surface area contributed by atoms with Crippen LogP contribution in [0.5, 0.6) is 0 Å². The number of nitrogens with zero attached hydrogens (tertiary/aromatic N) is 1. The van der Waals surface area contributed by atoms with E-state index in [0.717, 1.165) is 30.8 Å². The Bertz CT molecular complexity index is 644. The molecular weight excluding hydrogens is 288 g/mol. The van der Waals surface area contributed by atoms with Crippen molar-refractivity contribution in [1.82, 2.24) is 4.90 Å². The van der Waals surface area contributed by atoms with Gasteiger partial charge in [-0.15, -0.1) is 6.58 Å². The standard InChI is InChI=1S/C19H24N2O2/c1-2-13-12-21-9-7-14(13)11-17(21)19(8-10-22)15-5-3-4-6-16(15)20-18(19)23/h2-6,13-14,17,22H,1,7-12H2,(H,20,23)/t13-,14-,17+,19-/m1/s1. The molecule has 4 aliphatic heterocycles. The molecule has 2 N–H and O–H groups in total. The second-order valence-electron chi connectivity index (χ2n) is 7.14. The summed E-state index contributed by atoms with van der Waals surface area (Å²) in [5, 5.41) is 12.8. The third kappa shape index (κ3) is 2.01. The van der Waals surface area contributed by atoms with Crippen molar-refractivity contribution in [2.75, 3.05) is 25.0 Å². The summed E-state index contributed by atoms with van der Waals surface area (Å²) in [7, 11) is 0. The molecular formula is C19H24N2O2. The Labute approximate surface area is 137 Å². The summed E-state index contributed by atoms with van der Waals surface area (Å²) in [5.41, 5.74) is 1.36. The number of hydrogen-bond acceptors (Lipinski definition) is 3. The SMILES string of the molecule is C=C[C@@H]1CN2CC[C@@H]1C[C@H]2[C@]1(CCO)C(=O)Nc2ccccc21. The molecule has 0 aliphatic carbocycles. The number of carbonyl (C=O) groups excluding carboxylic acids is 1. The average Bonchev–Trinajstić information content (AvgIpc) is 2.88. The maximum Gasteiger partial charge on any atom is 0.236 e. The number of piperidine rings is 3. The van der Waals surface area contributed by atoms with E-state index in [1.165, 1.54) is 6.42 Å². The largest absolute Gasteiger partial charge is 0.396 e. The van der Waals surface area contributed by atoms with E-state index in [2.05, 4.69) is 28.9 Å². The van der Waals surface area contributed by atoms with E-state index in [1.54, 1.807) is 0 Å². The molecule has 2 bridgehead atoms. The number of aliphatic hydroxyl groups excluding tert-OH is 1. The molecule has 0 radical (unpaired) electrons. The molecule has 1 amide bonds. The van der Waals surface area contributed by atoms with Crippen molar-refractivity contribution >= 4 is 11.6 Å². The molecule has 23 heavy (non-hydrogen) atoms. The number of aliphatic hydroxyl groups is 1. The molecule has 4 nitrogen and oxygen atoms in total. The highest BCUT2D eigenvalue weighted by molar-refractivity contribution is 6.07. The van der Waals surface area contributed by atoms with E-state index in [4.69, 9.17) is 0 Å². The molecule has 5 rings (SSSR count). The van der Waals surface area contributed by atoms with Crippen LogP contribution in [-0.2, 0) is 10.2 Å². The lowest BCUT2D eigenvalue weighted by molar-refractivity contribution is -0.127. The van der Waals surface area contributed by atoms with Crippen molar-refractivity contribution in [3.63, 3.8) is 0 Å². The Balaban J connectivity index is 1.78. The molecule has 4 heterocycles. The quantitative estimate of drug-likeness (QED) is 0.838. The van der Waals surface area contributed by atoms with E-state index >= 15 is 0 Å². The second kappa shape index (κ2) is 5.46. The van der Waals surface area contributed by atoms with Gasteiger partial charge in [-0.2, -0.15) is 0 Å². The van der Waals surface area contributed by atoms with Gasteiger partial charge in [0.05, 0.1) is 5.41 Å². The summed E-state index contributed by atoms with van der Waals surface area (Å²) >= 11 is 0. The number of anilines is 1. The number of hydrogen-bond donors (Lipinski definition) is 2. The van der Waals surface area contributed by atoms with Crippen LogP contribution in [0, 0.1) is 11.8 Å². The molecule has 4 heteroatoms. The summed E-state index contributed by atoms with van der Waals surface area (Å²) in [6.07, 6.45) is 4.76. The van der Waals surface area contributed by atoms with Crippen LogP contribution in [-0.4, -0.2) is 41.7 Å². The molecule has 4 aliphatic rings. The van der Waals surface area contributed by atoms with Crippen molar-refractivity contribution in [3.8, 4) is 0 Å². The molecule has 122 valence electrons. The van der Waals surface area contributed by atoms with Gasteiger partial charge in [0, 0.05) is 24.9 Å². The first kappa shape index (κ1) is 14.9. The molecule has 0 aromatic heterocycles. The van der Waals surface area contributed by atoms with E-state index < -0.39 is 5.41 Å². The molecule has 1 aromatic rings. The smallest absolute Gasteiger partial charge is 0.236 e. The number of fused-ring (bicyclic) bond motifs is 4. The van der Waals surface area contributed by atoms with Crippen LogP contribution in [0.4, 0.5) is 5.69 Å². The van der Waals surface area contributed by atoms with Gasteiger partial charge >= 0.3 is 0 Å². The lowest BCUT2D eigenvalue weighted by Gasteiger charge is -2.54. The maximum absolute atomic E-state index is 13.0. The number of para-hydroxylation sites is 1.